The van der Waals surface area contributed by atoms with Crippen molar-refractivity contribution in [2.75, 3.05) is 21.2 Å². The van der Waals surface area contributed by atoms with Gasteiger partial charge in [0.25, 0.3) is 11.8 Å². The van der Waals surface area contributed by atoms with Crippen LogP contribution in [0.5, 0.6) is 0 Å². The summed E-state index contributed by atoms with van der Waals surface area (Å²) in [6.45, 7) is 5.12. The van der Waals surface area contributed by atoms with E-state index in [0.717, 1.165) is 24.2 Å². The molecule has 36 heavy (non-hydrogen) atoms. The molecular weight excluding hydrogens is 450 g/mol. The minimum absolute atomic E-state index is 0.0819. The van der Waals surface area contributed by atoms with Crippen molar-refractivity contribution in [2.24, 2.45) is 17.3 Å². The molecule has 3 aliphatic heterocycles. The van der Waals surface area contributed by atoms with Crippen LogP contribution in [-0.4, -0.2) is 30.4 Å². The van der Waals surface area contributed by atoms with Crippen LogP contribution in [0.3, 0.4) is 0 Å². The second-order valence-corrected chi connectivity index (χ2v) is 10.4. The predicted molar refractivity (Wildman–Crippen MR) is 140 cm³/mol. The minimum Gasteiger partial charge on any atom is -0.366 e. The monoisotopic (exact) mass is 479 g/mol. The fourth-order valence-corrected chi connectivity index (χ4v) is 6.72. The molecule has 0 N–H and O–H groups in total. The van der Waals surface area contributed by atoms with E-state index in [1.165, 1.54) is 9.80 Å². The smallest absolute Gasteiger partial charge is 0.342 e. The summed E-state index contributed by atoms with van der Waals surface area (Å²) in [5.74, 6) is -0.354. The van der Waals surface area contributed by atoms with Crippen molar-refractivity contribution in [2.45, 2.75) is 32.7 Å². The number of hydrogen-bond acceptors (Lipinski definition) is 4. The van der Waals surface area contributed by atoms with Gasteiger partial charge < -0.3 is 4.90 Å². The Morgan fingerprint density at radius 2 is 1.25 bits per heavy atom. The summed E-state index contributed by atoms with van der Waals surface area (Å²) in [6.07, 6.45) is 1.18. The molecule has 1 spiro atoms. The molecule has 4 amide bonds. The Labute approximate surface area is 211 Å². The van der Waals surface area contributed by atoms with E-state index in [0.29, 0.717) is 17.3 Å². The molecule has 0 unspecified atom stereocenters. The number of imide groups is 2. The third-order valence-corrected chi connectivity index (χ3v) is 8.01. The SMILES string of the molecule is C[C@@H]1C[C@@H](C)[C@H]2N(C1)c1ccccc1CC21C(=O)N(c2ccccc2)C(=O)N(c2ccccc2)C1=O. The summed E-state index contributed by atoms with van der Waals surface area (Å²) in [6, 6.07) is 25.0. The van der Waals surface area contributed by atoms with Gasteiger partial charge in [-0.3, -0.25) is 9.59 Å². The Balaban J connectivity index is 1.61. The number of barbiturate groups is 1. The van der Waals surface area contributed by atoms with Crippen LogP contribution in [0.15, 0.2) is 84.9 Å². The summed E-state index contributed by atoms with van der Waals surface area (Å²) in [4.78, 5) is 47.9. The Morgan fingerprint density at radius 1 is 0.722 bits per heavy atom. The lowest BCUT2D eigenvalue weighted by atomic mass is 9.62. The highest BCUT2D eigenvalue weighted by Crippen LogP contribution is 2.52. The first-order chi connectivity index (χ1) is 17.4. The molecule has 3 aromatic rings. The van der Waals surface area contributed by atoms with Crippen molar-refractivity contribution >= 4 is 34.9 Å². The van der Waals surface area contributed by atoms with Gasteiger partial charge in [-0.25, -0.2) is 14.6 Å². The number of anilines is 3. The summed E-state index contributed by atoms with van der Waals surface area (Å²) >= 11 is 0. The Morgan fingerprint density at radius 3 is 1.83 bits per heavy atom. The van der Waals surface area contributed by atoms with E-state index < -0.39 is 23.3 Å². The normalized spacial score (nSPS) is 25.1. The molecule has 6 heteroatoms. The maximum Gasteiger partial charge on any atom is 0.342 e. The molecule has 6 nitrogen and oxygen atoms in total. The minimum atomic E-state index is -1.42. The van der Waals surface area contributed by atoms with Gasteiger partial charge in [0.1, 0.15) is 0 Å². The van der Waals surface area contributed by atoms with Crippen LogP contribution < -0.4 is 14.7 Å². The first-order valence-electron chi connectivity index (χ1n) is 12.6. The average molecular weight is 480 g/mol. The summed E-state index contributed by atoms with van der Waals surface area (Å²) in [5.41, 5.74) is 1.58. The van der Waals surface area contributed by atoms with Gasteiger partial charge >= 0.3 is 6.03 Å². The van der Waals surface area contributed by atoms with E-state index in [1.54, 1.807) is 48.5 Å². The lowest BCUT2D eigenvalue weighted by molar-refractivity contribution is -0.144. The van der Waals surface area contributed by atoms with Crippen LogP contribution in [0.1, 0.15) is 25.8 Å². The highest BCUT2D eigenvalue weighted by molar-refractivity contribution is 6.39. The van der Waals surface area contributed by atoms with Gasteiger partial charge in [-0.15, -0.1) is 0 Å². The predicted octanol–water partition coefficient (Wildman–Crippen LogP) is 5.28. The lowest BCUT2D eigenvalue weighted by Crippen LogP contribution is -2.75. The maximum atomic E-state index is 14.6. The third kappa shape index (κ3) is 3.13. The second kappa shape index (κ2) is 8.33. The number of nitrogens with zero attached hydrogens (tertiary/aromatic N) is 3. The molecular formula is C30H29N3O3. The Hall–Kier alpha value is -3.93. The van der Waals surface area contributed by atoms with Crippen molar-refractivity contribution < 1.29 is 14.4 Å². The molecule has 3 heterocycles. The number of fused-ring (bicyclic) bond motifs is 4. The largest absolute Gasteiger partial charge is 0.366 e. The van der Waals surface area contributed by atoms with E-state index in [4.69, 9.17) is 0 Å². The number of urea groups is 1. The Kier molecular flexibility index (Phi) is 5.21. The van der Waals surface area contributed by atoms with Crippen molar-refractivity contribution in [3.63, 3.8) is 0 Å². The zero-order valence-corrected chi connectivity index (χ0v) is 20.5. The number of para-hydroxylation sites is 3. The fraction of sp³-hybridized carbons (Fsp3) is 0.300. The van der Waals surface area contributed by atoms with E-state index >= 15 is 0 Å². The van der Waals surface area contributed by atoms with E-state index in [1.807, 2.05) is 30.3 Å². The van der Waals surface area contributed by atoms with Gasteiger partial charge in [0, 0.05) is 12.2 Å². The quantitative estimate of drug-likeness (QED) is 0.469. The van der Waals surface area contributed by atoms with Gasteiger partial charge in [0.2, 0.25) is 0 Å². The molecule has 0 aromatic heterocycles. The first-order valence-corrected chi connectivity index (χ1v) is 12.6. The van der Waals surface area contributed by atoms with Crippen LogP contribution in [0.4, 0.5) is 21.9 Å². The molecule has 3 aliphatic rings. The zero-order chi connectivity index (χ0) is 25.0. The number of amides is 4. The van der Waals surface area contributed by atoms with Crippen LogP contribution >= 0.6 is 0 Å². The Bertz CT molecular complexity index is 1280. The van der Waals surface area contributed by atoms with Gasteiger partial charge in [-0.05, 0) is 60.6 Å². The number of benzene rings is 3. The zero-order valence-electron chi connectivity index (χ0n) is 20.5. The molecule has 182 valence electrons. The van der Waals surface area contributed by atoms with Gasteiger partial charge in [-0.2, -0.15) is 0 Å². The molecule has 0 radical (unpaired) electrons. The summed E-state index contributed by atoms with van der Waals surface area (Å²) in [5, 5.41) is 0. The highest BCUT2D eigenvalue weighted by atomic mass is 16.2. The number of carbonyl (C=O) groups is 3. The molecule has 3 aromatic carbocycles. The first kappa shape index (κ1) is 22.5. The topological polar surface area (TPSA) is 60.9 Å². The van der Waals surface area contributed by atoms with Crippen LogP contribution in [-0.2, 0) is 16.0 Å². The third-order valence-electron chi connectivity index (χ3n) is 8.01. The van der Waals surface area contributed by atoms with E-state index in [9.17, 15) is 14.4 Å². The van der Waals surface area contributed by atoms with E-state index in [2.05, 4.69) is 24.8 Å². The van der Waals surface area contributed by atoms with E-state index in [-0.39, 0.29) is 18.4 Å². The summed E-state index contributed by atoms with van der Waals surface area (Å²) < 4.78 is 0. The van der Waals surface area contributed by atoms with Crippen molar-refractivity contribution in [3.05, 3.63) is 90.5 Å². The lowest BCUT2D eigenvalue weighted by Gasteiger charge is -2.58. The van der Waals surface area contributed by atoms with Crippen LogP contribution in [0.25, 0.3) is 0 Å². The molecule has 2 saturated heterocycles. The van der Waals surface area contributed by atoms with Crippen molar-refractivity contribution in [3.8, 4) is 0 Å². The highest BCUT2D eigenvalue weighted by Gasteiger charge is 2.66. The number of carbonyl (C=O) groups excluding carboxylic acids is 3. The molecule has 0 aliphatic carbocycles. The summed E-state index contributed by atoms with van der Waals surface area (Å²) in [7, 11) is 0. The number of piperidine rings is 1. The van der Waals surface area contributed by atoms with Crippen molar-refractivity contribution in [1.29, 1.82) is 0 Å². The van der Waals surface area contributed by atoms with Gasteiger partial charge in [0.05, 0.1) is 17.4 Å². The number of hydrogen-bond donors (Lipinski definition) is 0. The van der Waals surface area contributed by atoms with Crippen molar-refractivity contribution in [1.82, 2.24) is 0 Å². The average Bonchev–Trinajstić information content (AvgIpc) is 2.88. The molecule has 3 atom stereocenters. The van der Waals surface area contributed by atoms with Crippen LogP contribution in [0.2, 0.25) is 0 Å². The fourth-order valence-electron chi connectivity index (χ4n) is 6.72. The maximum absolute atomic E-state index is 14.6. The molecule has 0 saturated carbocycles. The van der Waals surface area contributed by atoms with Gasteiger partial charge in [-0.1, -0.05) is 68.4 Å². The number of rotatable bonds is 2. The van der Waals surface area contributed by atoms with Gasteiger partial charge in [0.15, 0.2) is 5.41 Å². The molecule has 2 fully saturated rings. The molecule has 6 rings (SSSR count). The molecule has 0 bridgehead atoms. The standard InChI is InChI=1S/C30H29N3O3/c1-20-17-21(2)26-30(18-22-11-9-10-16-25(22)31(26)19-20)27(34)32(23-12-5-3-6-13-23)29(36)33(28(30)35)24-14-7-4-8-15-24/h3-16,20-21,26H,17-19H2,1-2H3/t20-,21-,26-/m1/s1. The second-order valence-electron chi connectivity index (χ2n) is 10.4. The van der Waals surface area contributed by atoms with Crippen LogP contribution in [0, 0.1) is 17.3 Å².